The number of Topliss-reactive ketones (excluding diaryl/α,β-unsaturated/α-hetero) is 1. The van der Waals surface area contributed by atoms with Crippen LogP contribution in [0.5, 0.6) is 5.88 Å². The normalized spacial score (nSPS) is 15.2. The first-order valence-corrected chi connectivity index (χ1v) is 11.7. The first-order chi connectivity index (χ1) is 17.2. The lowest BCUT2D eigenvalue weighted by Gasteiger charge is -2.35. The Balaban J connectivity index is 1.43. The maximum absolute atomic E-state index is 14.0. The number of hydrogen-bond acceptors (Lipinski definition) is 6. The molecule has 1 aromatic heterocycles. The standard InChI is InChI=1S/C26H26F2N4O4/c1-14(2)21(31-25(35)22-24(34)30-20-6-4-3-5-19(20)29-22)26(36)32-11-9-15(10-12-32)23(33)17-8-7-16(27)13-18(17)28/h3-8,13-15,21H,9-12H2,1-2H3,(H,30,34)(H,31,35)/t21-/m0/s1. The SMILES string of the molecule is CC(C)[C@H](NC(=O)c1nc2ccccc2nc1O)C(=O)N1CCC(C(=O)c2ccc(F)cc2F)CC1. The number of hydrogen-bond donors (Lipinski definition) is 2. The van der Waals surface area contributed by atoms with E-state index in [0.29, 0.717) is 29.9 Å². The largest absolute Gasteiger partial charge is 0.492 e. The molecule has 2 heterocycles. The fourth-order valence-electron chi connectivity index (χ4n) is 4.33. The molecule has 0 bridgehead atoms. The molecule has 2 aromatic carbocycles. The first kappa shape index (κ1) is 25.2. The Hall–Kier alpha value is -3.95. The summed E-state index contributed by atoms with van der Waals surface area (Å²) in [6, 6.07) is 8.75. The van der Waals surface area contributed by atoms with Gasteiger partial charge in [-0.25, -0.2) is 18.7 Å². The van der Waals surface area contributed by atoms with E-state index in [1.54, 1.807) is 43.0 Å². The zero-order chi connectivity index (χ0) is 26.0. The van der Waals surface area contributed by atoms with Crippen molar-refractivity contribution in [1.82, 2.24) is 20.2 Å². The maximum Gasteiger partial charge on any atom is 0.276 e. The highest BCUT2D eigenvalue weighted by molar-refractivity contribution is 6.00. The lowest BCUT2D eigenvalue weighted by atomic mass is 9.88. The van der Waals surface area contributed by atoms with E-state index in [2.05, 4.69) is 15.3 Å². The third-order valence-electron chi connectivity index (χ3n) is 6.36. The Labute approximate surface area is 206 Å². The van der Waals surface area contributed by atoms with E-state index in [1.165, 1.54) is 0 Å². The minimum Gasteiger partial charge on any atom is -0.492 e. The van der Waals surface area contributed by atoms with E-state index in [9.17, 15) is 28.3 Å². The quantitative estimate of drug-likeness (QED) is 0.506. The molecular weight excluding hydrogens is 470 g/mol. The number of ketones is 1. The molecule has 8 nitrogen and oxygen atoms in total. The Morgan fingerprint density at radius 2 is 1.67 bits per heavy atom. The first-order valence-electron chi connectivity index (χ1n) is 11.7. The predicted octanol–water partition coefficient (Wildman–Crippen LogP) is 3.49. The number of aromatic nitrogens is 2. The Bertz CT molecular complexity index is 1320. The van der Waals surface area contributed by atoms with Gasteiger partial charge in [0.05, 0.1) is 16.6 Å². The van der Waals surface area contributed by atoms with Crippen LogP contribution in [0.4, 0.5) is 8.78 Å². The molecule has 0 saturated carbocycles. The third kappa shape index (κ3) is 5.17. The number of nitrogens with zero attached hydrogens (tertiary/aromatic N) is 3. The summed E-state index contributed by atoms with van der Waals surface area (Å²) >= 11 is 0. The van der Waals surface area contributed by atoms with Crippen molar-refractivity contribution in [3.63, 3.8) is 0 Å². The maximum atomic E-state index is 14.0. The van der Waals surface area contributed by atoms with Crippen LogP contribution in [0.1, 0.15) is 47.5 Å². The topological polar surface area (TPSA) is 112 Å². The van der Waals surface area contributed by atoms with Crippen LogP contribution in [0, 0.1) is 23.5 Å². The molecular formula is C26H26F2N4O4. The minimum atomic E-state index is -0.902. The van der Waals surface area contributed by atoms with Crippen LogP contribution < -0.4 is 5.32 Å². The number of piperidine rings is 1. The number of amides is 2. The molecule has 0 radical (unpaired) electrons. The molecule has 188 valence electrons. The van der Waals surface area contributed by atoms with Crippen LogP contribution in [-0.2, 0) is 4.79 Å². The third-order valence-corrected chi connectivity index (χ3v) is 6.36. The van der Waals surface area contributed by atoms with Crippen LogP contribution in [0.25, 0.3) is 11.0 Å². The lowest BCUT2D eigenvalue weighted by molar-refractivity contribution is -0.135. The van der Waals surface area contributed by atoms with Gasteiger partial charge in [-0.1, -0.05) is 26.0 Å². The zero-order valence-electron chi connectivity index (χ0n) is 19.9. The molecule has 0 aliphatic carbocycles. The number of para-hydroxylation sites is 2. The van der Waals surface area contributed by atoms with Crippen molar-refractivity contribution in [2.45, 2.75) is 32.7 Å². The summed E-state index contributed by atoms with van der Waals surface area (Å²) in [5.41, 5.74) is 0.417. The number of carbonyl (C=O) groups is 3. The molecule has 1 aliphatic rings. The van der Waals surface area contributed by atoms with E-state index in [0.717, 1.165) is 12.1 Å². The van der Waals surface area contributed by atoms with Gasteiger partial charge in [0, 0.05) is 25.1 Å². The predicted molar refractivity (Wildman–Crippen MR) is 127 cm³/mol. The molecule has 10 heteroatoms. The van der Waals surface area contributed by atoms with E-state index >= 15 is 0 Å². The van der Waals surface area contributed by atoms with Crippen molar-refractivity contribution < 1.29 is 28.3 Å². The number of likely N-dealkylation sites (tertiary alicyclic amines) is 1. The summed E-state index contributed by atoms with van der Waals surface area (Å²) < 4.78 is 27.2. The Kier molecular flexibility index (Phi) is 7.23. The molecule has 0 unspecified atom stereocenters. The molecule has 2 N–H and O–H groups in total. The van der Waals surface area contributed by atoms with Crippen molar-refractivity contribution in [2.75, 3.05) is 13.1 Å². The van der Waals surface area contributed by atoms with Crippen molar-refractivity contribution >= 4 is 28.6 Å². The zero-order valence-corrected chi connectivity index (χ0v) is 19.9. The number of benzene rings is 2. The van der Waals surface area contributed by atoms with Gasteiger partial charge >= 0.3 is 0 Å². The number of halogens is 2. The molecule has 36 heavy (non-hydrogen) atoms. The number of fused-ring (bicyclic) bond motifs is 1. The minimum absolute atomic E-state index is 0.162. The second kappa shape index (κ2) is 10.3. The molecule has 1 atom stereocenters. The van der Waals surface area contributed by atoms with Crippen LogP contribution in [0.2, 0.25) is 0 Å². The van der Waals surface area contributed by atoms with Gasteiger partial charge in [-0.05, 0) is 43.0 Å². The van der Waals surface area contributed by atoms with E-state index < -0.39 is 41.2 Å². The molecule has 3 aromatic rings. The van der Waals surface area contributed by atoms with Crippen LogP contribution in [0.15, 0.2) is 42.5 Å². The van der Waals surface area contributed by atoms with Gasteiger partial charge in [0.25, 0.3) is 5.91 Å². The molecule has 4 rings (SSSR count). The number of rotatable bonds is 6. The van der Waals surface area contributed by atoms with Gasteiger partial charge in [0.2, 0.25) is 11.8 Å². The summed E-state index contributed by atoms with van der Waals surface area (Å²) in [6.45, 7) is 4.06. The monoisotopic (exact) mass is 496 g/mol. The van der Waals surface area contributed by atoms with Gasteiger partial charge < -0.3 is 15.3 Å². The second-order valence-electron chi connectivity index (χ2n) is 9.17. The lowest BCUT2D eigenvalue weighted by Crippen LogP contribution is -2.53. The summed E-state index contributed by atoms with van der Waals surface area (Å²) in [7, 11) is 0. The van der Waals surface area contributed by atoms with Crippen molar-refractivity contribution in [3.8, 4) is 5.88 Å². The summed E-state index contributed by atoms with van der Waals surface area (Å²) in [5.74, 6) is -4.43. The highest BCUT2D eigenvalue weighted by atomic mass is 19.1. The summed E-state index contributed by atoms with van der Waals surface area (Å²) in [5, 5.41) is 12.9. The summed E-state index contributed by atoms with van der Waals surface area (Å²) in [4.78, 5) is 48.6. The van der Waals surface area contributed by atoms with Crippen molar-refractivity contribution in [3.05, 3.63) is 65.4 Å². The van der Waals surface area contributed by atoms with Crippen molar-refractivity contribution in [1.29, 1.82) is 0 Å². The average Bonchev–Trinajstić information content (AvgIpc) is 2.86. The number of aromatic hydroxyl groups is 1. The van der Waals surface area contributed by atoms with Crippen LogP contribution in [-0.4, -0.2) is 56.7 Å². The molecule has 1 fully saturated rings. The second-order valence-corrected chi connectivity index (χ2v) is 9.17. The Morgan fingerprint density at radius 1 is 1.03 bits per heavy atom. The van der Waals surface area contributed by atoms with Gasteiger partial charge in [-0.2, -0.15) is 0 Å². The van der Waals surface area contributed by atoms with Gasteiger partial charge in [0.15, 0.2) is 11.5 Å². The van der Waals surface area contributed by atoms with Gasteiger partial charge in [0.1, 0.15) is 17.7 Å². The van der Waals surface area contributed by atoms with Crippen LogP contribution in [0.3, 0.4) is 0 Å². The average molecular weight is 497 g/mol. The van der Waals surface area contributed by atoms with Gasteiger partial charge in [-0.3, -0.25) is 14.4 Å². The number of carbonyl (C=O) groups excluding carboxylic acids is 3. The highest BCUT2D eigenvalue weighted by Crippen LogP contribution is 2.25. The smallest absolute Gasteiger partial charge is 0.276 e. The van der Waals surface area contributed by atoms with E-state index in [1.807, 2.05) is 0 Å². The molecule has 1 aliphatic heterocycles. The van der Waals surface area contributed by atoms with E-state index in [4.69, 9.17) is 0 Å². The van der Waals surface area contributed by atoms with Crippen LogP contribution >= 0.6 is 0 Å². The molecule has 2 amide bonds. The van der Waals surface area contributed by atoms with Gasteiger partial charge in [-0.15, -0.1) is 0 Å². The summed E-state index contributed by atoms with van der Waals surface area (Å²) in [6.07, 6.45) is 0.633. The van der Waals surface area contributed by atoms with E-state index in [-0.39, 0.29) is 36.2 Å². The fraction of sp³-hybridized carbons (Fsp3) is 0.346. The fourth-order valence-corrected chi connectivity index (χ4v) is 4.33. The molecule has 0 spiro atoms. The Morgan fingerprint density at radius 3 is 2.28 bits per heavy atom. The molecule has 1 saturated heterocycles. The van der Waals surface area contributed by atoms with Crippen molar-refractivity contribution in [2.24, 2.45) is 11.8 Å². The number of nitrogens with one attached hydrogen (secondary N) is 1. The highest BCUT2D eigenvalue weighted by Gasteiger charge is 2.34.